The van der Waals surface area contributed by atoms with E-state index < -0.39 is 12.7 Å². The number of halogens is 2. The number of aliphatic hydroxyl groups is 1. The van der Waals surface area contributed by atoms with Gasteiger partial charge in [0, 0.05) is 0 Å². The zero-order valence-corrected chi connectivity index (χ0v) is 11.3. The molecule has 0 amide bonds. The number of hydrogen-bond donors (Lipinski definition) is 1. The number of aliphatic hydroxyl groups excluding tert-OH is 1. The minimum atomic E-state index is -2.84. The fourth-order valence-corrected chi connectivity index (χ4v) is 1.96. The molecule has 0 aromatic heterocycles. The highest BCUT2D eigenvalue weighted by molar-refractivity contribution is 5.37. The van der Waals surface area contributed by atoms with Gasteiger partial charge < -0.3 is 9.84 Å². The maximum atomic E-state index is 12.1. The van der Waals surface area contributed by atoms with E-state index in [1.54, 1.807) is 12.1 Å². The summed E-state index contributed by atoms with van der Waals surface area (Å²) in [5, 5.41) is 10.3. The first-order valence-electron chi connectivity index (χ1n) is 6.27. The fraction of sp³-hybridized carbons (Fsp3) is 0.250. The fourth-order valence-electron chi connectivity index (χ4n) is 1.96. The van der Waals surface area contributed by atoms with Gasteiger partial charge in [0.25, 0.3) is 0 Å². The molecule has 0 aliphatic heterocycles. The molecule has 1 N–H and O–H groups in total. The Hall–Kier alpha value is -1.94. The second-order valence-corrected chi connectivity index (χ2v) is 4.69. The van der Waals surface area contributed by atoms with Crippen LogP contribution in [0.4, 0.5) is 8.78 Å². The highest BCUT2D eigenvalue weighted by Crippen LogP contribution is 2.25. The summed E-state index contributed by atoms with van der Waals surface area (Å²) >= 11 is 0. The van der Waals surface area contributed by atoms with Crippen LogP contribution >= 0.6 is 0 Å². The lowest BCUT2D eigenvalue weighted by molar-refractivity contribution is -0.0498. The summed E-state index contributed by atoms with van der Waals surface area (Å²) < 4.78 is 28.4. The van der Waals surface area contributed by atoms with Crippen molar-refractivity contribution in [1.29, 1.82) is 0 Å². The predicted molar refractivity (Wildman–Crippen MR) is 73.1 cm³/mol. The third-order valence-corrected chi connectivity index (χ3v) is 3.27. The molecule has 0 bridgehead atoms. The summed E-state index contributed by atoms with van der Waals surface area (Å²) in [5.41, 5.74) is 3.66. The molecule has 0 radical (unpaired) electrons. The molecule has 0 saturated carbocycles. The predicted octanol–water partition coefficient (Wildman–Crippen LogP) is 3.99. The highest BCUT2D eigenvalue weighted by Gasteiger charge is 2.12. The van der Waals surface area contributed by atoms with Crippen LogP contribution in [-0.2, 0) is 0 Å². The third kappa shape index (κ3) is 3.33. The van der Waals surface area contributed by atoms with Gasteiger partial charge in [-0.05, 0) is 48.2 Å². The molecule has 2 aromatic carbocycles. The molecule has 2 nitrogen and oxygen atoms in total. The lowest BCUT2D eigenvalue weighted by atomic mass is 9.98. The minimum absolute atomic E-state index is 0.0797. The number of hydrogen-bond acceptors (Lipinski definition) is 2. The largest absolute Gasteiger partial charge is 0.435 e. The van der Waals surface area contributed by atoms with E-state index in [1.807, 2.05) is 32.0 Å². The summed E-state index contributed by atoms with van der Waals surface area (Å²) in [6.45, 7) is 1.14. The molecular weight excluding hydrogens is 262 g/mol. The van der Waals surface area contributed by atoms with Crippen LogP contribution in [-0.4, -0.2) is 11.7 Å². The van der Waals surface area contributed by atoms with Crippen LogP contribution in [0.5, 0.6) is 5.75 Å². The van der Waals surface area contributed by atoms with Crippen LogP contribution < -0.4 is 4.74 Å². The molecular formula is C16H16F2O2. The van der Waals surface area contributed by atoms with E-state index in [-0.39, 0.29) is 5.75 Å². The van der Waals surface area contributed by atoms with Crippen LogP contribution in [0.25, 0.3) is 0 Å². The maximum absolute atomic E-state index is 12.1. The van der Waals surface area contributed by atoms with E-state index in [2.05, 4.69) is 4.74 Å². The van der Waals surface area contributed by atoms with Crippen LogP contribution in [0, 0.1) is 13.8 Å². The van der Waals surface area contributed by atoms with Gasteiger partial charge in [-0.25, -0.2) is 0 Å². The zero-order chi connectivity index (χ0) is 14.7. The molecule has 0 heterocycles. The minimum Gasteiger partial charge on any atom is -0.435 e. The van der Waals surface area contributed by atoms with Crippen LogP contribution in [0.15, 0.2) is 42.5 Å². The summed E-state index contributed by atoms with van der Waals surface area (Å²) in [5.74, 6) is 0.0797. The van der Waals surface area contributed by atoms with Gasteiger partial charge in [0.05, 0.1) is 0 Å². The molecule has 106 valence electrons. The lowest BCUT2D eigenvalue weighted by Crippen LogP contribution is -2.03. The monoisotopic (exact) mass is 278 g/mol. The van der Waals surface area contributed by atoms with Crippen molar-refractivity contribution in [2.24, 2.45) is 0 Å². The van der Waals surface area contributed by atoms with Gasteiger partial charge in [-0.2, -0.15) is 8.78 Å². The molecule has 1 unspecified atom stereocenters. The molecule has 20 heavy (non-hydrogen) atoms. The molecule has 0 spiro atoms. The number of rotatable bonds is 4. The standard InChI is InChI=1S/C16H16F2O2/c1-10-3-4-13(9-11(10)2)15(19)12-5-7-14(8-6-12)20-16(17)18/h3-9,15-16,19H,1-2H3. The second kappa shape index (κ2) is 6.01. The average Bonchev–Trinajstić information content (AvgIpc) is 2.41. The van der Waals surface area contributed by atoms with Crippen LogP contribution in [0.2, 0.25) is 0 Å². The van der Waals surface area contributed by atoms with Gasteiger partial charge in [-0.1, -0.05) is 30.3 Å². The van der Waals surface area contributed by atoms with Gasteiger partial charge in [0.15, 0.2) is 0 Å². The van der Waals surface area contributed by atoms with Crippen molar-refractivity contribution >= 4 is 0 Å². The van der Waals surface area contributed by atoms with Crippen molar-refractivity contribution in [1.82, 2.24) is 0 Å². The van der Waals surface area contributed by atoms with Crippen molar-refractivity contribution in [2.75, 3.05) is 0 Å². The summed E-state index contributed by atoms with van der Waals surface area (Å²) in [7, 11) is 0. The molecule has 0 saturated heterocycles. The molecule has 0 aliphatic rings. The van der Waals surface area contributed by atoms with E-state index in [0.717, 1.165) is 16.7 Å². The molecule has 4 heteroatoms. The molecule has 2 rings (SSSR count). The SMILES string of the molecule is Cc1ccc(C(O)c2ccc(OC(F)F)cc2)cc1C. The maximum Gasteiger partial charge on any atom is 0.387 e. The Morgan fingerprint density at radius 1 is 0.900 bits per heavy atom. The van der Waals surface area contributed by atoms with Crippen LogP contribution in [0.1, 0.15) is 28.4 Å². The summed E-state index contributed by atoms with van der Waals surface area (Å²) in [6, 6.07) is 11.7. The van der Waals surface area contributed by atoms with E-state index in [9.17, 15) is 13.9 Å². The molecule has 1 atom stereocenters. The van der Waals surface area contributed by atoms with E-state index in [0.29, 0.717) is 5.56 Å². The van der Waals surface area contributed by atoms with Crippen molar-refractivity contribution in [3.63, 3.8) is 0 Å². The Morgan fingerprint density at radius 2 is 1.50 bits per heavy atom. The number of aryl methyl sites for hydroxylation is 2. The van der Waals surface area contributed by atoms with Gasteiger partial charge >= 0.3 is 6.61 Å². The van der Waals surface area contributed by atoms with Crippen molar-refractivity contribution in [2.45, 2.75) is 26.6 Å². The number of alkyl halides is 2. The van der Waals surface area contributed by atoms with E-state index >= 15 is 0 Å². The lowest BCUT2D eigenvalue weighted by Gasteiger charge is -2.14. The van der Waals surface area contributed by atoms with Crippen molar-refractivity contribution < 1.29 is 18.6 Å². The Balaban J connectivity index is 2.20. The summed E-state index contributed by atoms with van der Waals surface area (Å²) in [4.78, 5) is 0. The van der Waals surface area contributed by atoms with Gasteiger partial charge in [0.2, 0.25) is 0 Å². The average molecular weight is 278 g/mol. The number of benzene rings is 2. The zero-order valence-electron chi connectivity index (χ0n) is 11.3. The van der Waals surface area contributed by atoms with Crippen LogP contribution in [0.3, 0.4) is 0 Å². The first-order chi connectivity index (χ1) is 9.47. The molecule has 0 aliphatic carbocycles. The van der Waals surface area contributed by atoms with Gasteiger partial charge in [0.1, 0.15) is 11.9 Å². The quantitative estimate of drug-likeness (QED) is 0.916. The number of ether oxygens (including phenoxy) is 1. The topological polar surface area (TPSA) is 29.5 Å². The molecule has 2 aromatic rings. The van der Waals surface area contributed by atoms with Gasteiger partial charge in [-0.15, -0.1) is 0 Å². The smallest absolute Gasteiger partial charge is 0.387 e. The first-order valence-corrected chi connectivity index (χ1v) is 6.27. The highest BCUT2D eigenvalue weighted by atomic mass is 19.3. The Morgan fingerprint density at radius 3 is 2.05 bits per heavy atom. The Bertz CT molecular complexity index is 580. The van der Waals surface area contributed by atoms with Crippen molar-refractivity contribution in [3.8, 4) is 5.75 Å². The molecule has 0 fully saturated rings. The Labute approximate surface area is 116 Å². The van der Waals surface area contributed by atoms with E-state index in [4.69, 9.17) is 0 Å². The Kier molecular flexibility index (Phi) is 4.35. The van der Waals surface area contributed by atoms with E-state index in [1.165, 1.54) is 12.1 Å². The second-order valence-electron chi connectivity index (χ2n) is 4.69. The summed E-state index contributed by atoms with van der Waals surface area (Å²) in [6.07, 6.45) is -0.783. The van der Waals surface area contributed by atoms with Gasteiger partial charge in [-0.3, -0.25) is 0 Å². The first kappa shape index (κ1) is 14.5. The third-order valence-electron chi connectivity index (χ3n) is 3.27. The normalized spacial score (nSPS) is 12.5. The van der Waals surface area contributed by atoms with Crippen molar-refractivity contribution in [3.05, 3.63) is 64.7 Å².